The molecule has 1 saturated heterocycles. The van der Waals surface area contributed by atoms with E-state index in [2.05, 4.69) is 44.6 Å². The average molecular weight is 525 g/mol. The summed E-state index contributed by atoms with van der Waals surface area (Å²) < 4.78 is 0. The molecular weight excluding hydrogens is 492 g/mol. The fourth-order valence-corrected chi connectivity index (χ4v) is 7.48. The Labute approximate surface area is 219 Å². The van der Waals surface area contributed by atoms with Gasteiger partial charge in [-0.2, -0.15) is 5.26 Å². The number of rotatable bonds is 8. The number of hydrogen-bond donors (Lipinski definition) is 3. The van der Waals surface area contributed by atoms with Crippen LogP contribution in [0.2, 0.25) is 0 Å². The lowest BCUT2D eigenvalue weighted by Gasteiger charge is -2.33. The number of amides is 1. The SMILES string of the molecule is C=C(CNCCC1(C(=N)N=NN)c2ccsc2CCc2sc(C(=O)N(C)C)cc21)N1CCCC1C#N. The zero-order valence-electron chi connectivity index (χ0n) is 20.7. The van der Waals surface area contributed by atoms with Gasteiger partial charge in [-0.15, -0.1) is 27.8 Å². The maximum atomic E-state index is 12.8. The van der Waals surface area contributed by atoms with E-state index in [4.69, 9.17) is 11.3 Å². The normalized spacial score (nSPS) is 21.0. The summed E-state index contributed by atoms with van der Waals surface area (Å²) in [6.07, 6.45) is 4.06. The molecule has 0 saturated carbocycles. The molecule has 1 aliphatic heterocycles. The molecule has 1 fully saturated rings. The number of nitriles is 1. The summed E-state index contributed by atoms with van der Waals surface area (Å²) in [4.78, 5) is 19.5. The van der Waals surface area contributed by atoms with Crippen LogP contribution in [-0.2, 0) is 18.3 Å². The molecule has 36 heavy (non-hydrogen) atoms. The molecule has 2 aromatic rings. The first-order chi connectivity index (χ1) is 17.3. The smallest absolute Gasteiger partial charge is 0.263 e. The molecule has 2 unspecified atom stereocenters. The highest BCUT2D eigenvalue weighted by Gasteiger charge is 2.45. The molecule has 190 valence electrons. The van der Waals surface area contributed by atoms with E-state index in [1.807, 2.05) is 6.07 Å². The average Bonchev–Trinajstić information content (AvgIpc) is 3.61. The predicted molar refractivity (Wildman–Crippen MR) is 144 cm³/mol. The van der Waals surface area contributed by atoms with Crippen molar-refractivity contribution in [3.8, 4) is 6.07 Å². The van der Waals surface area contributed by atoms with Crippen molar-refractivity contribution in [3.63, 3.8) is 0 Å². The third-order valence-corrected chi connectivity index (χ3v) is 9.21. The number of amidine groups is 1. The van der Waals surface area contributed by atoms with E-state index in [1.54, 1.807) is 30.3 Å². The quantitative estimate of drug-likeness (QED) is 0.121. The summed E-state index contributed by atoms with van der Waals surface area (Å²) in [7, 11) is 3.49. The maximum absolute atomic E-state index is 12.8. The van der Waals surface area contributed by atoms with Crippen molar-refractivity contribution >= 4 is 34.4 Å². The molecule has 1 aliphatic carbocycles. The standard InChI is InChI=1S/C25H32N8OS2/c1-16(33-11-4-5-17(33)14-26)15-29-10-9-25(24(27)30-31-28)18-8-12-35-20(18)6-7-21-19(25)13-22(36-21)23(34)32(2)3/h8,12-13,17,29H,1,4-7,9-11,15H2,2-3H3,(H3,27,28,30). The summed E-state index contributed by atoms with van der Waals surface area (Å²) >= 11 is 3.19. The van der Waals surface area contributed by atoms with Crippen LogP contribution in [-0.4, -0.2) is 61.3 Å². The number of thiophene rings is 2. The fourth-order valence-electron chi connectivity index (χ4n) is 5.26. The number of nitrogens with two attached hydrogens (primary N) is 1. The van der Waals surface area contributed by atoms with E-state index in [9.17, 15) is 10.1 Å². The van der Waals surface area contributed by atoms with Crippen molar-refractivity contribution < 1.29 is 4.79 Å². The van der Waals surface area contributed by atoms with Crippen molar-refractivity contribution in [2.45, 2.75) is 43.6 Å². The zero-order chi connectivity index (χ0) is 25.9. The van der Waals surface area contributed by atoms with Crippen molar-refractivity contribution in [2.75, 3.05) is 33.7 Å². The first-order valence-corrected chi connectivity index (χ1v) is 13.7. The lowest BCUT2D eigenvalue weighted by molar-refractivity contribution is 0.0832. The summed E-state index contributed by atoms with van der Waals surface area (Å²) in [5.74, 6) is 5.46. The summed E-state index contributed by atoms with van der Waals surface area (Å²) in [6.45, 7) is 6.18. The van der Waals surface area contributed by atoms with Crippen LogP contribution in [0.25, 0.3) is 0 Å². The Balaban J connectivity index is 1.66. The van der Waals surface area contributed by atoms with Gasteiger partial charge in [0.15, 0.2) is 5.84 Å². The van der Waals surface area contributed by atoms with Crippen LogP contribution in [0.1, 0.15) is 49.8 Å². The first-order valence-electron chi connectivity index (χ1n) is 12.0. The minimum absolute atomic E-state index is 0.0495. The van der Waals surface area contributed by atoms with Gasteiger partial charge in [-0.1, -0.05) is 11.8 Å². The van der Waals surface area contributed by atoms with Crippen LogP contribution in [0.15, 0.2) is 40.1 Å². The number of hydrogen-bond acceptors (Lipinski definition) is 8. The number of carbonyl (C=O) groups excluding carboxylic acids is 1. The largest absolute Gasteiger partial charge is 0.358 e. The van der Waals surface area contributed by atoms with E-state index in [0.717, 1.165) is 53.9 Å². The highest BCUT2D eigenvalue weighted by Crippen LogP contribution is 2.47. The highest BCUT2D eigenvalue weighted by molar-refractivity contribution is 7.14. The topological polar surface area (TPSA) is 134 Å². The molecule has 0 radical (unpaired) electrons. The number of likely N-dealkylation sites (tertiary alicyclic amines) is 1. The van der Waals surface area contributed by atoms with E-state index >= 15 is 0 Å². The Morgan fingerprint density at radius 1 is 1.42 bits per heavy atom. The second kappa shape index (κ2) is 10.9. The second-order valence-electron chi connectivity index (χ2n) is 9.35. The van der Waals surface area contributed by atoms with Crippen LogP contribution in [0.4, 0.5) is 0 Å². The Morgan fingerprint density at radius 2 is 2.19 bits per heavy atom. The van der Waals surface area contributed by atoms with Gasteiger partial charge in [-0.25, -0.2) is 0 Å². The van der Waals surface area contributed by atoms with Crippen molar-refractivity contribution in [3.05, 3.63) is 55.5 Å². The third-order valence-electron chi connectivity index (χ3n) is 7.05. The van der Waals surface area contributed by atoms with Crippen LogP contribution in [0, 0.1) is 16.7 Å². The molecule has 0 aromatic carbocycles. The van der Waals surface area contributed by atoms with Gasteiger partial charge in [0.25, 0.3) is 5.91 Å². The van der Waals surface area contributed by atoms with Crippen LogP contribution in [0.5, 0.6) is 0 Å². The Hall–Kier alpha value is -3.07. The lowest BCUT2D eigenvalue weighted by atomic mass is 9.71. The number of carbonyl (C=O) groups is 1. The Morgan fingerprint density at radius 3 is 2.92 bits per heavy atom. The zero-order valence-corrected chi connectivity index (χ0v) is 22.3. The molecule has 4 rings (SSSR count). The van der Waals surface area contributed by atoms with Crippen LogP contribution >= 0.6 is 22.7 Å². The van der Waals surface area contributed by atoms with Gasteiger partial charge in [-0.05, 0) is 67.3 Å². The van der Waals surface area contributed by atoms with Crippen molar-refractivity contribution in [1.29, 1.82) is 10.7 Å². The molecule has 3 heterocycles. The predicted octanol–water partition coefficient (Wildman–Crippen LogP) is 3.68. The van der Waals surface area contributed by atoms with Gasteiger partial charge < -0.3 is 21.0 Å². The maximum Gasteiger partial charge on any atom is 0.263 e. The Bertz CT molecular complexity index is 1220. The van der Waals surface area contributed by atoms with Crippen LogP contribution in [0.3, 0.4) is 0 Å². The van der Waals surface area contributed by atoms with Gasteiger partial charge in [0, 0.05) is 42.6 Å². The van der Waals surface area contributed by atoms with E-state index in [0.29, 0.717) is 24.4 Å². The number of aryl methyl sites for hydroxylation is 2. The van der Waals surface area contributed by atoms with Crippen LogP contribution < -0.4 is 11.2 Å². The van der Waals surface area contributed by atoms with Gasteiger partial charge in [0.1, 0.15) is 6.04 Å². The first kappa shape index (κ1) is 26.0. The minimum atomic E-state index is -0.872. The molecule has 2 aliphatic rings. The molecule has 1 amide bonds. The molecular formula is C25H32N8OS2. The van der Waals surface area contributed by atoms with Crippen molar-refractivity contribution in [2.24, 2.45) is 16.2 Å². The number of fused-ring (bicyclic) bond motifs is 2. The van der Waals surface area contributed by atoms with E-state index in [-0.39, 0.29) is 17.8 Å². The molecule has 11 heteroatoms. The summed E-state index contributed by atoms with van der Waals surface area (Å²) in [6, 6.07) is 6.26. The van der Waals surface area contributed by atoms with Gasteiger partial charge in [0.05, 0.1) is 16.4 Å². The molecule has 0 bridgehead atoms. The summed E-state index contributed by atoms with van der Waals surface area (Å²) in [5.41, 5.74) is 2.01. The second-order valence-corrected chi connectivity index (χ2v) is 11.5. The molecule has 4 N–H and O–H groups in total. The molecule has 2 aromatic heterocycles. The minimum Gasteiger partial charge on any atom is -0.358 e. The molecule has 9 nitrogen and oxygen atoms in total. The third kappa shape index (κ3) is 4.68. The molecule has 2 atom stereocenters. The number of nitrogens with one attached hydrogen (secondary N) is 2. The Kier molecular flexibility index (Phi) is 7.88. The molecule has 0 spiro atoms. The van der Waals surface area contributed by atoms with E-state index in [1.165, 1.54) is 16.2 Å². The van der Waals surface area contributed by atoms with Gasteiger partial charge in [-0.3, -0.25) is 10.2 Å². The number of nitrogens with zero attached hydrogens (tertiary/aromatic N) is 5. The van der Waals surface area contributed by atoms with E-state index < -0.39 is 5.41 Å². The lowest BCUT2D eigenvalue weighted by Crippen LogP contribution is -2.40. The highest BCUT2D eigenvalue weighted by atomic mass is 32.1. The summed E-state index contributed by atoms with van der Waals surface area (Å²) in [5, 5.41) is 31.5. The van der Waals surface area contributed by atoms with Crippen molar-refractivity contribution in [1.82, 2.24) is 15.1 Å². The van der Waals surface area contributed by atoms with Gasteiger partial charge in [0.2, 0.25) is 0 Å². The monoisotopic (exact) mass is 524 g/mol. The van der Waals surface area contributed by atoms with Gasteiger partial charge >= 0.3 is 0 Å². The fraction of sp³-hybridized carbons (Fsp3) is 0.480.